The minimum Gasteiger partial charge on any atom is -0.504 e. The average Bonchev–Trinajstić information content (AvgIpc) is 4.46. The first-order valence-electron chi connectivity index (χ1n) is 27.6. The molecule has 2 spiro atoms. The number of benzene rings is 2. The van der Waals surface area contributed by atoms with E-state index >= 15 is 0 Å². The summed E-state index contributed by atoms with van der Waals surface area (Å²) in [5, 5.41) is 79.4. The Morgan fingerprint density at radius 3 is 1.64 bits per heavy atom. The fourth-order valence-corrected chi connectivity index (χ4v) is 16.7. The molecule has 75 heavy (non-hydrogen) atoms. The lowest BCUT2D eigenvalue weighted by molar-refractivity contribution is -0.203. The maximum absolute atomic E-state index is 13.7. The monoisotopic (exact) mass is 1030 g/mol. The van der Waals surface area contributed by atoms with Gasteiger partial charge in [0.15, 0.2) is 23.0 Å². The van der Waals surface area contributed by atoms with E-state index in [-0.39, 0.29) is 71.3 Å². The van der Waals surface area contributed by atoms with Gasteiger partial charge in [-0.2, -0.15) is 0 Å². The third-order valence-electron chi connectivity index (χ3n) is 21.1. The second kappa shape index (κ2) is 16.4. The predicted octanol–water partition coefficient (Wildman–Crippen LogP) is 4.42. The van der Waals surface area contributed by atoms with Crippen molar-refractivity contribution in [1.29, 1.82) is 0 Å². The van der Waals surface area contributed by atoms with Gasteiger partial charge in [-0.15, -0.1) is 0 Å². The number of furan rings is 2. The first-order valence-corrected chi connectivity index (χ1v) is 27.6. The van der Waals surface area contributed by atoms with Crippen LogP contribution in [0.25, 0.3) is 0 Å². The summed E-state index contributed by atoms with van der Waals surface area (Å²) in [5.74, 6) is 0.942. The Balaban J connectivity index is 0.000000118. The van der Waals surface area contributed by atoms with Crippen molar-refractivity contribution in [2.24, 2.45) is 11.8 Å². The van der Waals surface area contributed by atoms with E-state index in [0.29, 0.717) is 56.7 Å². The van der Waals surface area contributed by atoms with Gasteiger partial charge in [0.05, 0.1) is 70.2 Å². The number of phenolic OH excluding ortho intramolecular Hbond substituents is 2. The van der Waals surface area contributed by atoms with Crippen LogP contribution in [0, 0.1) is 11.8 Å². The number of carbonyl (C=O) groups excluding carboxylic acids is 1. The number of carbonyl (C=O) groups is 2. The molecule has 6 unspecified atom stereocenters. The summed E-state index contributed by atoms with van der Waals surface area (Å²) in [5.41, 5.74) is 2.08. The minimum atomic E-state index is -1.05. The van der Waals surface area contributed by atoms with Crippen molar-refractivity contribution >= 4 is 11.9 Å². The van der Waals surface area contributed by atoms with E-state index in [4.69, 9.17) is 23.4 Å². The number of likely N-dealkylation sites (N-methyl/N-ethyl adjacent to an activating group) is 2. The third kappa shape index (κ3) is 6.92. The highest BCUT2D eigenvalue weighted by atomic mass is 16.5. The molecule has 400 valence electrons. The molecule has 6 heterocycles. The van der Waals surface area contributed by atoms with Crippen molar-refractivity contribution < 1.29 is 63.6 Å². The number of carboxylic acid groups (broad SMARTS) is 1. The van der Waals surface area contributed by atoms with Crippen LogP contribution in [-0.4, -0.2) is 161 Å². The number of carboxylic acids is 1. The van der Waals surface area contributed by atoms with Crippen molar-refractivity contribution in [3.63, 3.8) is 0 Å². The molecule has 4 aromatic rings. The Kier molecular flexibility index (Phi) is 10.6. The lowest BCUT2D eigenvalue weighted by Crippen LogP contribution is -2.78. The molecule has 8 fully saturated rings. The van der Waals surface area contributed by atoms with Crippen molar-refractivity contribution in [1.82, 2.24) is 20.0 Å². The molecule has 16 rings (SSSR count). The molecule has 8 aliphatic carbocycles. The summed E-state index contributed by atoms with van der Waals surface area (Å²) < 4.78 is 23.1. The van der Waals surface area contributed by atoms with Crippen LogP contribution in [-0.2, 0) is 33.3 Å². The van der Waals surface area contributed by atoms with E-state index < -0.39 is 45.3 Å². The maximum Gasteiger partial charge on any atom is 0.307 e. The van der Waals surface area contributed by atoms with Gasteiger partial charge in [0.2, 0.25) is 5.91 Å². The second-order valence-corrected chi connectivity index (χ2v) is 24.9. The van der Waals surface area contributed by atoms with E-state index in [0.717, 1.165) is 98.7 Å². The number of phenols is 2. The van der Waals surface area contributed by atoms with Gasteiger partial charge in [-0.25, -0.2) is 0 Å². The number of rotatable bonds is 10. The zero-order valence-electron chi connectivity index (χ0n) is 42.7. The number of aromatic hydroxyl groups is 2. The lowest BCUT2D eigenvalue weighted by atomic mass is 9.48. The number of likely N-dealkylation sites (tertiary alicyclic amines) is 2. The van der Waals surface area contributed by atoms with Gasteiger partial charge in [-0.1, -0.05) is 12.1 Å². The number of nitrogens with zero attached hydrogens (tertiary/aromatic N) is 3. The molecular formula is C58H70N4O13. The molecule has 8 N–H and O–H groups in total. The number of nitrogens with one attached hydrogen (secondary N) is 1. The highest BCUT2D eigenvalue weighted by Crippen LogP contribution is 2.68. The van der Waals surface area contributed by atoms with Gasteiger partial charge in [0.25, 0.3) is 0 Å². The number of hydrogen-bond donors (Lipinski definition) is 8. The largest absolute Gasteiger partial charge is 0.504 e. The fraction of sp³-hybridized carbons (Fsp3) is 0.621. The summed E-state index contributed by atoms with van der Waals surface area (Å²) in [7, 11) is 3.83. The Labute approximate surface area is 435 Å². The van der Waals surface area contributed by atoms with Crippen LogP contribution < -0.4 is 14.8 Å². The van der Waals surface area contributed by atoms with Crippen LogP contribution in [0.5, 0.6) is 23.0 Å². The number of aliphatic hydroxyl groups is 4. The Hall–Kier alpha value is -5.14. The summed E-state index contributed by atoms with van der Waals surface area (Å²) in [6, 6.07) is 11.0. The van der Waals surface area contributed by atoms with Gasteiger partial charge < -0.3 is 64.3 Å². The van der Waals surface area contributed by atoms with Gasteiger partial charge in [-0.3, -0.25) is 19.4 Å². The molecule has 6 saturated carbocycles. The maximum atomic E-state index is 13.7. The molecule has 1 amide bonds. The Morgan fingerprint density at radius 2 is 1.16 bits per heavy atom. The SMILES string of the molecule is CN(C(=O)C1CC1c1ccoc1)[C@@H]1CC[C@@]2(O)C3Cc4ccc(O)c5c4[C@@]2(CCN3CC2(O)CC2)[C@H]1O5.CN[C@@H]1CC[C@@]2(O)C3Cc4ccc(O)c5c4[C@@]2(CCN3CC2(O)CC2)[C@H]1O5.O=C(O)C1CC1c1ccoc1. The van der Waals surface area contributed by atoms with Crippen LogP contribution in [0.1, 0.15) is 122 Å². The molecule has 17 heteroatoms. The highest BCUT2D eigenvalue weighted by molar-refractivity contribution is 5.83. The molecule has 4 bridgehead atoms. The summed E-state index contributed by atoms with van der Waals surface area (Å²) in [6.45, 7) is 2.83. The van der Waals surface area contributed by atoms with Crippen molar-refractivity contribution in [2.45, 2.75) is 171 Å². The van der Waals surface area contributed by atoms with Gasteiger partial charge in [0.1, 0.15) is 12.2 Å². The molecule has 0 radical (unpaired) electrons. The zero-order valence-corrected chi connectivity index (χ0v) is 42.7. The standard InChI is InChI=1S/C29H34N2O6.C21H28N2O4.C8H8O3/c1-30(26(33)19-13-18(19)17-5-11-36-14-17)20-4-6-29(35)22-12-16-2-3-21(32)24-23(16)28(29,25(20)37-24)9-10-31(22)15-27(34)7-8-27;1-22-13-4-5-21(26)15-10-12-2-3-14(24)17-16(12)20(21,18(13)27-17)8-9-23(15)11-19(25)6-7-19;9-8(10)7-3-6(7)5-1-2-11-4-5/h2-3,5,11,14,18-20,22,25,32,34-35H,4,6-10,12-13,15H2,1H3;2-3,13,15,18,22,24-26H,4-11H2,1H3;1-2,4,6-7H,3H2,(H,9,10)/t18?,19?,20-,22?,25+,28+,29-;13-,15?,18+,20+,21-;/m11./s1. The quantitative estimate of drug-likeness (QED) is 0.110. The molecule has 2 saturated heterocycles. The van der Waals surface area contributed by atoms with E-state index in [2.05, 4.69) is 15.1 Å². The normalized spacial score (nSPS) is 39.4. The number of hydrogen-bond acceptors (Lipinski definition) is 15. The fourth-order valence-electron chi connectivity index (χ4n) is 16.7. The number of aliphatic carboxylic acids is 1. The predicted molar refractivity (Wildman–Crippen MR) is 269 cm³/mol. The van der Waals surface area contributed by atoms with Crippen LogP contribution in [0.3, 0.4) is 0 Å². The van der Waals surface area contributed by atoms with Crippen molar-refractivity contribution in [3.8, 4) is 23.0 Å². The first kappa shape index (κ1) is 48.2. The minimum absolute atomic E-state index is 0.0113. The van der Waals surface area contributed by atoms with Crippen LogP contribution in [0.2, 0.25) is 0 Å². The Bertz CT molecular complexity index is 2940. The molecule has 4 aliphatic heterocycles. The van der Waals surface area contributed by atoms with Crippen LogP contribution in [0.15, 0.2) is 70.3 Å². The summed E-state index contributed by atoms with van der Waals surface area (Å²) in [4.78, 5) is 30.6. The lowest BCUT2D eigenvalue weighted by Gasteiger charge is -2.64. The van der Waals surface area contributed by atoms with Crippen molar-refractivity contribution in [3.05, 3.63) is 94.8 Å². The number of β-amino-alcohol motifs (C(OH)–C–C–N with tert-alkyl or cyclic N) is 2. The van der Waals surface area contributed by atoms with Gasteiger partial charge in [-0.05, 0) is 162 Å². The van der Waals surface area contributed by atoms with E-state index in [1.807, 2.05) is 43.3 Å². The van der Waals surface area contributed by atoms with E-state index in [1.165, 1.54) is 5.56 Å². The van der Waals surface area contributed by atoms with Crippen LogP contribution >= 0.6 is 0 Å². The summed E-state index contributed by atoms with van der Waals surface area (Å²) >= 11 is 0. The highest BCUT2D eigenvalue weighted by Gasteiger charge is 2.75. The van der Waals surface area contributed by atoms with Crippen LogP contribution in [0.4, 0.5) is 0 Å². The molecule has 17 nitrogen and oxygen atoms in total. The topological polar surface area (TPSA) is 242 Å². The van der Waals surface area contributed by atoms with Gasteiger partial charge >= 0.3 is 5.97 Å². The summed E-state index contributed by atoms with van der Waals surface area (Å²) in [6.07, 6.45) is 16.5. The molecule has 2 aromatic carbocycles. The molecule has 14 atom stereocenters. The zero-order chi connectivity index (χ0) is 51.8. The third-order valence-corrected chi connectivity index (χ3v) is 21.1. The second-order valence-electron chi connectivity index (χ2n) is 24.9. The smallest absolute Gasteiger partial charge is 0.307 e. The first-order chi connectivity index (χ1) is 36.0. The average molecular weight is 1030 g/mol. The molecule has 12 aliphatic rings. The molecule has 2 aromatic heterocycles. The van der Waals surface area contributed by atoms with E-state index in [1.54, 1.807) is 37.2 Å². The number of piperidine rings is 2. The van der Waals surface area contributed by atoms with Crippen molar-refractivity contribution in [2.75, 3.05) is 40.3 Å². The molecular weight excluding hydrogens is 961 g/mol. The van der Waals surface area contributed by atoms with E-state index in [9.17, 15) is 40.2 Å². The Morgan fingerprint density at radius 1 is 0.667 bits per heavy atom. The number of amides is 1. The number of ether oxygens (including phenoxy) is 2. The van der Waals surface area contributed by atoms with Gasteiger partial charge in [0, 0.05) is 61.2 Å².